The molecule has 5 nitrogen and oxygen atoms in total. The van der Waals surface area contributed by atoms with E-state index in [1.807, 2.05) is 54.6 Å². The van der Waals surface area contributed by atoms with Gasteiger partial charge >= 0.3 is 0 Å². The summed E-state index contributed by atoms with van der Waals surface area (Å²) in [4.78, 5) is 19.8. The molecule has 0 atom stereocenters. The standard InChI is InChI=1S/C19H17N3O2/c1-24-18-8-3-2-7-15(18)17-11-16(21-12-22-17)14-6-4-5-13(9-14)10-19(20)23/h2-9,11-12H,10H2,1H3,(H2,20,23). The van der Waals surface area contributed by atoms with Crippen LogP contribution in [-0.2, 0) is 11.2 Å². The van der Waals surface area contributed by atoms with Gasteiger partial charge < -0.3 is 10.5 Å². The molecule has 120 valence electrons. The van der Waals surface area contributed by atoms with Crippen LogP contribution in [0.25, 0.3) is 22.5 Å². The van der Waals surface area contributed by atoms with Crippen LogP contribution in [0.5, 0.6) is 5.75 Å². The Hall–Kier alpha value is -3.21. The maximum absolute atomic E-state index is 11.1. The Balaban J connectivity index is 2.01. The first-order valence-electron chi connectivity index (χ1n) is 7.50. The molecule has 0 unspecified atom stereocenters. The lowest BCUT2D eigenvalue weighted by atomic mass is 10.0. The monoisotopic (exact) mass is 319 g/mol. The molecule has 0 aliphatic carbocycles. The van der Waals surface area contributed by atoms with Crippen molar-refractivity contribution >= 4 is 5.91 Å². The average molecular weight is 319 g/mol. The Morgan fingerprint density at radius 2 is 1.83 bits per heavy atom. The number of primary amides is 1. The molecule has 0 fully saturated rings. The van der Waals surface area contributed by atoms with Crippen LogP contribution in [0.4, 0.5) is 0 Å². The number of aromatic nitrogens is 2. The Morgan fingerprint density at radius 1 is 1.04 bits per heavy atom. The number of amides is 1. The van der Waals surface area contributed by atoms with Gasteiger partial charge in [-0.25, -0.2) is 9.97 Å². The van der Waals surface area contributed by atoms with Crippen molar-refractivity contribution in [1.29, 1.82) is 0 Å². The van der Waals surface area contributed by atoms with Crippen LogP contribution in [0, 0.1) is 0 Å². The lowest BCUT2D eigenvalue weighted by molar-refractivity contribution is -0.117. The fourth-order valence-corrected chi connectivity index (χ4v) is 2.56. The van der Waals surface area contributed by atoms with Crippen LogP contribution in [0.1, 0.15) is 5.56 Å². The molecule has 0 spiro atoms. The maximum atomic E-state index is 11.1. The summed E-state index contributed by atoms with van der Waals surface area (Å²) >= 11 is 0. The first-order chi connectivity index (χ1) is 11.7. The van der Waals surface area contributed by atoms with Gasteiger partial charge in [-0.05, 0) is 29.8 Å². The van der Waals surface area contributed by atoms with Crippen LogP contribution in [-0.4, -0.2) is 23.0 Å². The van der Waals surface area contributed by atoms with Crippen molar-refractivity contribution in [3.8, 4) is 28.3 Å². The second-order valence-electron chi connectivity index (χ2n) is 5.33. The van der Waals surface area contributed by atoms with Gasteiger partial charge in [-0.1, -0.05) is 30.3 Å². The Bertz CT molecular complexity index is 878. The van der Waals surface area contributed by atoms with Gasteiger partial charge in [0.05, 0.1) is 24.9 Å². The summed E-state index contributed by atoms with van der Waals surface area (Å²) in [6, 6.07) is 17.2. The molecular weight excluding hydrogens is 302 g/mol. The predicted molar refractivity (Wildman–Crippen MR) is 92.4 cm³/mol. The summed E-state index contributed by atoms with van der Waals surface area (Å²) < 4.78 is 5.40. The number of hydrogen-bond donors (Lipinski definition) is 1. The first kappa shape index (κ1) is 15.7. The minimum Gasteiger partial charge on any atom is -0.496 e. The quantitative estimate of drug-likeness (QED) is 0.784. The molecule has 5 heteroatoms. The number of benzene rings is 2. The minimum absolute atomic E-state index is 0.207. The average Bonchev–Trinajstić information content (AvgIpc) is 2.61. The van der Waals surface area contributed by atoms with Gasteiger partial charge in [-0.15, -0.1) is 0 Å². The molecule has 0 saturated heterocycles. The van der Waals surface area contributed by atoms with E-state index >= 15 is 0 Å². The first-order valence-corrected chi connectivity index (χ1v) is 7.50. The molecule has 0 radical (unpaired) electrons. The molecular formula is C19H17N3O2. The molecule has 0 aliphatic heterocycles. The van der Waals surface area contributed by atoms with E-state index in [4.69, 9.17) is 10.5 Å². The summed E-state index contributed by atoms with van der Waals surface area (Å²) in [6.45, 7) is 0. The molecule has 1 amide bonds. The number of rotatable bonds is 5. The zero-order chi connectivity index (χ0) is 16.9. The van der Waals surface area contributed by atoms with Crippen molar-refractivity contribution in [1.82, 2.24) is 9.97 Å². The molecule has 0 saturated carbocycles. The van der Waals surface area contributed by atoms with E-state index in [-0.39, 0.29) is 12.3 Å². The normalized spacial score (nSPS) is 10.4. The highest BCUT2D eigenvalue weighted by molar-refractivity contribution is 5.77. The number of nitrogens with zero attached hydrogens (tertiary/aromatic N) is 2. The number of carbonyl (C=O) groups excluding carboxylic acids is 1. The molecule has 1 aromatic heterocycles. The van der Waals surface area contributed by atoms with Gasteiger partial charge in [0, 0.05) is 11.1 Å². The zero-order valence-corrected chi connectivity index (χ0v) is 13.3. The van der Waals surface area contributed by atoms with Crippen LogP contribution in [0.15, 0.2) is 60.9 Å². The number of nitrogens with two attached hydrogens (primary N) is 1. The molecule has 24 heavy (non-hydrogen) atoms. The fourth-order valence-electron chi connectivity index (χ4n) is 2.56. The van der Waals surface area contributed by atoms with Crippen LogP contribution in [0.3, 0.4) is 0 Å². The smallest absolute Gasteiger partial charge is 0.221 e. The molecule has 2 N–H and O–H groups in total. The molecule has 0 aliphatic rings. The van der Waals surface area contributed by atoms with Gasteiger partial charge in [0.2, 0.25) is 5.91 Å². The molecule has 3 rings (SSSR count). The van der Waals surface area contributed by atoms with Gasteiger partial charge in [0.1, 0.15) is 12.1 Å². The van der Waals surface area contributed by atoms with Crippen LogP contribution < -0.4 is 10.5 Å². The molecule has 0 bridgehead atoms. The number of ether oxygens (including phenoxy) is 1. The maximum Gasteiger partial charge on any atom is 0.221 e. The number of para-hydroxylation sites is 1. The molecule has 3 aromatic rings. The second kappa shape index (κ2) is 6.91. The summed E-state index contributed by atoms with van der Waals surface area (Å²) in [5.41, 5.74) is 9.49. The van der Waals surface area contributed by atoms with Gasteiger partial charge in [-0.3, -0.25) is 4.79 Å². The molecule has 1 heterocycles. The second-order valence-corrected chi connectivity index (χ2v) is 5.33. The topological polar surface area (TPSA) is 78.1 Å². The van der Waals surface area contributed by atoms with Gasteiger partial charge in [0.25, 0.3) is 0 Å². The van der Waals surface area contributed by atoms with Crippen LogP contribution in [0.2, 0.25) is 0 Å². The Kier molecular flexibility index (Phi) is 4.52. The van der Waals surface area contributed by atoms with Crippen molar-refractivity contribution in [2.45, 2.75) is 6.42 Å². The van der Waals surface area contributed by atoms with Crippen molar-refractivity contribution in [2.75, 3.05) is 7.11 Å². The minimum atomic E-state index is -0.357. The van der Waals surface area contributed by atoms with Crippen molar-refractivity contribution in [3.05, 3.63) is 66.5 Å². The summed E-state index contributed by atoms with van der Waals surface area (Å²) in [7, 11) is 1.63. The Morgan fingerprint density at radius 3 is 2.62 bits per heavy atom. The zero-order valence-electron chi connectivity index (χ0n) is 13.3. The number of carbonyl (C=O) groups is 1. The van der Waals surface area contributed by atoms with Crippen molar-refractivity contribution in [2.24, 2.45) is 5.73 Å². The van der Waals surface area contributed by atoms with Gasteiger partial charge in [0.15, 0.2) is 0 Å². The SMILES string of the molecule is COc1ccccc1-c1cc(-c2cccc(CC(N)=O)c2)ncn1. The van der Waals surface area contributed by atoms with Crippen LogP contribution >= 0.6 is 0 Å². The highest BCUT2D eigenvalue weighted by Crippen LogP contribution is 2.30. The van der Waals surface area contributed by atoms with E-state index in [0.717, 1.165) is 33.8 Å². The highest BCUT2D eigenvalue weighted by Gasteiger charge is 2.09. The number of hydrogen-bond acceptors (Lipinski definition) is 4. The van der Waals surface area contributed by atoms with E-state index in [0.29, 0.717) is 0 Å². The van der Waals surface area contributed by atoms with Crippen molar-refractivity contribution < 1.29 is 9.53 Å². The lowest BCUT2D eigenvalue weighted by Gasteiger charge is -2.09. The highest BCUT2D eigenvalue weighted by atomic mass is 16.5. The van der Waals surface area contributed by atoms with Gasteiger partial charge in [-0.2, -0.15) is 0 Å². The third-order valence-electron chi connectivity index (χ3n) is 3.65. The summed E-state index contributed by atoms with van der Waals surface area (Å²) in [6.07, 6.45) is 1.73. The van der Waals surface area contributed by atoms with E-state index in [1.165, 1.54) is 6.33 Å². The van der Waals surface area contributed by atoms with E-state index < -0.39 is 0 Å². The van der Waals surface area contributed by atoms with E-state index in [2.05, 4.69) is 9.97 Å². The third-order valence-corrected chi connectivity index (χ3v) is 3.65. The lowest BCUT2D eigenvalue weighted by Crippen LogP contribution is -2.13. The van der Waals surface area contributed by atoms with E-state index in [9.17, 15) is 4.79 Å². The summed E-state index contributed by atoms with van der Waals surface area (Å²) in [5, 5.41) is 0. The van der Waals surface area contributed by atoms with E-state index in [1.54, 1.807) is 7.11 Å². The predicted octanol–water partition coefficient (Wildman–Crippen LogP) is 2.85. The number of methoxy groups -OCH3 is 1. The Labute approximate surface area is 140 Å². The molecule has 2 aromatic carbocycles. The largest absolute Gasteiger partial charge is 0.496 e. The third kappa shape index (κ3) is 3.41. The fraction of sp³-hybridized carbons (Fsp3) is 0.105. The van der Waals surface area contributed by atoms with Crippen molar-refractivity contribution in [3.63, 3.8) is 0 Å². The summed E-state index contributed by atoms with van der Waals surface area (Å²) in [5.74, 6) is 0.397.